The maximum Gasteiger partial charge on any atom is 0.297 e. The van der Waals surface area contributed by atoms with Crippen LogP contribution in [-0.4, -0.2) is 87.5 Å². The maximum absolute atomic E-state index is 14.1. The first-order valence-corrected chi connectivity index (χ1v) is 18.4. The highest BCUT2D eigenvalue weighted by Gasteiger charge is 2.72. The number of ether oxygens (including phenoxy) is 4. The van der Waals surface area contributed by atoms with E-state index in [1.165, 1.54) is 18.2 Å². The Morgan fingerprint density at radius 3 is 2.46 bits per heavy atom. The van der Waals surface area contributed by atoms with Crippen LogP contribution in [0.1, 0.15) is 64.1 Å². The number of rotatable bonds is 5. The minimum Gasteiger partial charge on any atom is -0.387 e. The van der Waals surface area contributed by atoms with Gasteiger partial charge in [-0.15, -0.1) is 0 Å². The predicted octanol–water partition coefficient (Wildman–Crippen LogP) is 2.19. The summed E-state index contributed by atoms with van der Waals surface area (Å²) in [7, 11) is -7.91. The van der Waals surface area contributed by atoms with Crippen LogP contribution >= 0.6 is 0 Å². The van der Waals surface area contributed by atoms with Gasteiger partial charge in [-0.1, -0.05) is 17.7 Å². The van der Waals surface area contributed by atoms with Crippen LogP contribution < -0.4 is 0 Å². The Balaban J connectivity index is 1.11. The number of aryl methyl sites for hydroxylation is 2. The molecule has 2 aromatic rings. The van der Waals surface area contributed by atoms with Crippen molar-refractivity contribution in [3.05, 3.63) is 58.1 Å². The zero-order chi connectivity index (χ0) is 32.7. The number of hydrogen-bond acceptors (Lipinski definition) is 12. The zero-order valence-corrected chi connectivity index (χ0v) is 27.2. The lowest BCUT2D eigenvalue weighted by Gasteiger charge is -2.39. The van der Waals surface area contributed by atoms with Crippen molar-refractivity contribution < 1.29 is 54.7 Å². The monoisotopic (exact) mass is 674 g/mol. The molecule has 46 heavy (non-hydrogen) atoms. The van der Waals surface area contributed by atoms with E-state index in [-0.39, 0.29) is 57.5 Å². The number of ketones is 2. The van der Waals surface area contributed by atoms with Crippen molar-refractivity contribution in [1.82, 2.24) is 0 Å². The quantitative estimate of drug-likeness (QED) is 0.363. The van der Waals surface area contributed by atoms with Crippen molar-refractivity contribution in [2.24, 2.45) is 11.8 Å². The largest absolute Gasteiger partial charge is 0.387 e. The van der Waals surface area contributed by atoms with E-state index in [9.17, 15) is 31.5 Å². The van der Waals surface area contributed by atoms with Gasteiger partial charge in [-0.2, -0.15) is 8.42 Å². The molecule has 4 heterocycles. The smallest absolute Gasteiger partial charge is 0.297 e. The van der Waals surface area contributed by atoms with Gasteiger partial charge in [-0.05, 0) is 76.3 Å². The van der Waals surface area contributed by atoms with Crippen molar-refractivity contribution in [3.63, 3.8) is 0 Å². The average molecular weight is 675 g/mol. The van der Waals surface area contributed by atoms with Crippen LogP contribution in [0.25, 0.3) is 0 Å². The first-order valence-electron chi connectivity index (χ1n) is 15.4. The Morgan fingerprint density at radius 2 is 1.74 bits per heavy atom. The molecule has 0 amide bonds. The van der Waals surface area contributed by atoms with E-state index in [2.05, 4.69) is 0 Å². The predicted molar refractivity (Wildman–Crippen MR) is 157 cm³/mol. The van der Waals surface area contributed by atoms with E-state index < -0.39 is 80.0 Å². The molecule has 8 rings (SSSR count). The maximum atomic E-state index is 14.1. The van der Waals surface area contributed by atoms with Gasteiger partial charge in [0.25, 0.3) is 10.1 Å². The minimum atomic E-state index is -4.34. The van der Waals surface area contributed by atoms with E-state index in [1.807, 2.05) is 6.92 Å². The molecule has 9 atom stereocenters. The van der Waals surface area contributed by atoms with Gasteiger partial charge in [-0.3, -0.25) is 13.8 Å². The zero-order valence-electron chi connectivity index (χ0n) is 25.6. The third-order valence-corrected chi connectivity index (χ3v) is 13.7. The normalized spacial score (nSPS) is 37.2. The number of fused-ring (bicyclic) bond motifs is 6. The van der Waals surface area contributed by atoms with Gasteiger partial charge in [0.05, 0.1) is 21.6 Å². The topological polar surface area (TPSA) is 172 Å². The molecule has 0 radical (unpaired) electrons. The summed E-state index contributed by atoms with van der Waals surface area (Å²) in [5.41, 5.74) is 0.765. The van der Waals surface area contributed by atoms with Crippen molar-refractivity contribution in [2.75, 3.05) is 5.75 Å². The number of epoxide rings is 1. The van der Waals surface area contributed by atoms with Crippen LogP contribution in [0.15, 0.2) is 40.1 Å². The van der Waals surface area contributed by atoms with Crippen molar-refractivity contribution in [1.29, 1.82) is 0 Å². The lowest BCUT2D eigenvalue weighted by Crippen LogP contribution is -2.54. The molecule has 2 aromatic carbocycles. The molecule has 0 bridgehead atoms. The van der Waals surface area contributed by atoms with E-state index >= 15 is 0 Å². The van der Waals surface area contributed by atoms with Gasteiger partial charge < -0.3 is 24.1 Å². The lowest BCUT2D eigenvalue weighted by molar-refractivity contribution is -0.228. The molecule has 246 valence electrons. The molecule has 1 saturated carbocycles. The molecule has 3 saturated heterocycles. The number of benzene rings is 2. The number of aliphatic hydroxyl groups excluding tert-OH is 1. The third kappa shape index (κ3) is 4.38. The summed E-state index contributed by atoms with van der Waals surface area (Å²) in [4.78, 5) is 28.0. The first kappa shape index (κ1) is 30.8. The second kappa shape index (κ2) is 9.75. The van der Waals surface area contributed by atoms with Gasteiger partial charge in [0, 0.05) is 23.0 Å². The van der Waals surface area contributed by atoms with E-state index in [4.69, 9.17) is 23.1 Å². The molecule has 14 heteroatoms. The van der Waals surface area contributed by atoms with Gasteiger partial charge in [0.15, 0.2) is 33.5 Å². The highest BCUT2D eigenvalue weighted by atomic mass is 32.2. The SMILES string of the molecule is Cc1ccc(S(=O)(=O)OC2C3OC(C)(C)OC3OC2C(O)C23CC4C(=O)c5c(cc(C)c6c5CCS6(=O)=O)C(=O)C4CC2O3)cc1. The van der Waals surface area contributed by atoms with Gasteiger partial charge in [0.1, 0.15) is 30.0 Å². The summed E-state index contributed by atoms with van der Waals surface area (Å²) in [5.74, 6) is -3.39. The van der Waals surface area contributed by atoms with E-state index in [0.29, 0.717) is 11.1 Å². The molecule has 4 fully saturated rings. The van der Waals surface area contributed by atoms with Gasteiger partial charge >= 0.3 is 0 Å². The number of carbonyl (C=O) groups is 2. The summed E-state index contributed by atoms with van der Waals surface area (Å²) < 4.78 is 82.2. The molecular formula is C32H34O12S2. The number of sulfone groups is 1. The number of Topliss-reactive ketones (excluding diaryl/α,β-unsaturated/α-hetero) is 2. The summed E-state index contributed by atoms with van der Waals surface area (Å²) in [5, 5.41) is 11.9. The third-order valence-electron chi connectivity index (χ3n) is 10.4. The molecule has 2 aliphatic carbocycles. The highest BCUT2D eigenvalue weighted by molar-refractivity contribution is 7.91. The van der Waals surface area contributed by atoms with Crippen LogP contribution in [0, 0.1) is 25.7 Å². The lowest BCUT2D eigenvalue weighted by atomic mass is 9.62. The molecule has 4 aliphatic heterocycles. The van der Waals surface area contributed by atoms with E-state index in [1.54, 1.807) is 32.9 Å². The van der Waals surface area contributed by atoms with Crippen LogP contribution in [0.3, 0.4) is 0 Å². The molecule has 9 unspecified atom stereocenters. The fourth-order valence-corrected chi connectivity index (χ4v) is 11.2. The molecule has 0 aromatic heterocycles. The fourth-order valence-electron chi connectivity index (χ4n) is 8.28. The first-order chi connectivity index (χ1) is 21.5. The molecule has 1 N–H and O–H groups in total. The highest BCUT2D eigenvalue weighted by Crippen LogP contribution is 2.59. The summed E-state index contributed by atoms with van der Waals surface area (Å²) in [6, 6.07) is 7.64. The number of hydrogen-bond donors (Lipinski definition) is 1. The molecule has 0 spiro atoms. The van der Waals surface area contributed by atoms with Crippen molar-refractivity contribution >= 4 is 31.5 Å². The van der Waals surface area contributed by atoms with Gasteiger partial charge in [-0.25, -0.2) is 8.42 Å². The second-order valence-electron chi connectivity index (χ2n) is 13.8. The molecular weight excluding hydrogens is 640 g/mol. The Labute approximate surface area is 266 Å². The van der Waals surface area contributed by atoms with Crippen LogP contribution in [0.5, 0.6) is 0 Å². The van der Waals surface area contributed by atoms with Gasteiger partial charge in [0.2, 0.25) is 0 Å². The summed E-state index contributed by atoms with van der Waals surface area (Å²) in [6.45, 7) is 6.77. The molecule has 12 nitrogen and oxygen atoms in total. The van der Waals surface area contributed by atoms with Crippen molar-refractivity contribution in [3.8, 4) is 0 Å². The molecule has 6 aliphatic rings. The second-order valence-corrected chi connectivity index (χ2v) is 17.4. The average Bonchev–Trinajstić information content (AvgIpc) is 3.36. The summed E-state index contributed by atoms with van der Waals surface area (Å²) >= 11 is 0. The summed E-state index contributed by atoms with van der Waals surface area (Å²) in [6.07, 6.45) is -6.48. The van der Waals surface area contributed by atoms with Crippen LogP contribution in [-0.2, 0) is 49.5 Å². The Hall–Kier alpha value is -2.56. The Bertz CT molecular complexity index is 1920. The number of aliphatic hydroxyl groups is 1. The van der Waals surface area contributed by atoms with Crippen LogP contribution in [0.2, 0.25) is 0 Å². The van der Waals surface area contributed by atoms with Crippen molar-refractivity contribution in [2.45, 2.75) is 105 Å². The standard InChI is InChI=1S/C32H34O12S2/c1-14-5-7-16(8-6-14)46(38,39)44-25-26(40-30-27(25)42-31(3,4)43-30)29(35)32-13-20-18(12-21(32)41-32)23(33)19-11-15(2)28-17(22(19)24(20)34)9-10-45(28,36)37/h5-8,11,18,20-21,25-27,29-30,35H,9-10,12-13H2,1-4H3. The van der Waals surface area contributed by atoms with Crippen LogP contribution in [0.4, 0.5) is 0 Å². The Kier molecular flexibility index (Phi) is 6.52. The van der Waals surface area contributed by atoms with E-state index in [0.717, 1.165) is 5.56 Å². The minimum absolute atomic E-state index is 0.0389. The Morgan fingerprint density at radius 1 is 1.02 bits per heavy atom. The fraction of sp³-hybridized carbons (Fsp3) is 0.562. The number of carbonyl (C=O) groups excluding carboxylic acids is 2.